The minimum absolute atomic E-state index is 0.126. The lowest BCUT2D eigenvalue weighted by Gasteiger charge is -2.07. The number of nitrogens with one attached hydrogen (secondary N) is 1. The molecule has 0 saturated heterocycles. The van der Waals surface area contributed by atoms with Crippen molar-refractivity contribution in [3.8, 4) is 5.75 Å². The van der Waals surface area contributed by atoms with Gasteiger partial charge in [0.25, 0.3) is 0 Å². The number of nitrogens with two attached hydrogens (primary N) is 1. The van der Waals surface area contributed by atoms with Crippen molar-refractivity contribution in [2.24, 2.45) is 5.84 Å². The number of amides is 1. The van der Waals surface area contributed by atoms with Crippen LogP contribution in [0, 0.1) is 6.92 Å². The highest BCUT2D eigenvalue weighted by atomic mass is 35.5. The van der Waals surface area contributed by atoms with Crippen molar-refractivity contribution < 1.29 is 13.9 Å². The number of hydrogen-bond acceptors (Lipinski definition) is 4. The van der Waals surface area contributed by atoms with Gasteiger partial charge in [-0.15, -0.1) is 0 Å². The number of halogens is 2. The molecule has 106 valence electrons. The molecule has 3 N–H and O–H groups in total. The molecule has 5 nitrogen and oxygen atoms in total. The summed E-state index contributed by atoms with van der Waals surface area (Å²) in [6.45, 7) is 1.93. The molecule has 7 heteroatoms. The predicted octanol–water partition coefficient (Wildman–Crippen LogP) is 3.08. The number of furan rings is 1. The maximum Gasteiger partial charge on any atom is 0.300 e. The van der Waals surface area contributed by atoms with Crippen molar-refractivity contribution in [3.05, 3.63) is 51.4 Å². The van der Waals surface area contributed by atoms with Crippen molar-refractivity contribution in [2.75, 3.05) is 0 Å². The fraction of sp³-hybridized carbons (Fsp3) is 0.154. The Morgan fingerprint density at radius 2 is 2.15 bits per heavy atom. The standard InChI is InChI=1S/C13H12Cl2N2O3/c1-7-8(4-12(20-7)13(18)17-16)6-19-11-5-9(14)2-3-10(11)15/h2-5H,6,16H2,1H3,(H,17,18). The van der Waals surface area contributed by atoms with E-state index in [-0.39, 0.29) is 12.4 Å². The van der Waals surface area contributed by atoms with E-state index in [4.69, 9.17) is 38.2 Å². The number of hydrogen-bond donors (Lipinski definition) is 2. The van der Waals surface area contributed by atoms with Crippen LogP contribution >= 0.6 is 23.2 Å². The molecule has 2 rings (SSSR count). The number of carbonyl (C=O) groups is 1. The fourth-order valence-corrected chi connectivity index (χ4v) is 1.92. The molecular weight excluding hydrogens is 303 g/mol. The molecule has 0 atom stereocenters. The van der Waals surface area contributed by atoms with Gasteiger partial charge in [-0.25, -0.2) is 5.84 Å². The first-order chi connectivity index (χ1) is 9.51. The monoisotopic (exact) mass is 314 g/mol. The van der Waals surface area contributed by atoms with E-state index in [1.807, 2.05) is 5.43 Å². The zero-order chi connectivity index (χ0) is 14.7. The van der Waals surface area contributed by atoms with Gasteiger partial charge in [0.05, 0.1) is 5.02 Å². The summed E-state index contributed by atoms with van der Waals surface area (Å²) in [5, 5.41) is 0.979. The van der Waals surface area contributed by atoms with Gasteiger partial charge in [-0.2, -0.15) is 0 Å². The second-order valence-corrected chi connectivity index (χ2v) is 4.87. The summed E-state index contributed by atoms with van der Waals surface area (Å²) in [6, 6.07) is 6.50. The molecule has 1 aromatic heterocycles. The molecule has 2 aromatic rings. The first-order valence-electron chi connectivity index (χ1n) is 5.69. The molecule has 0 aliphatic carbocycles. The van der Waals surface area contributed by atoms with E-state index in [2.05, 4.69) is 0 Å². The highest BCUT2D eigenvalue weighted by Gasteiger charge is 2.14. The average Bonchev–Trinajstić information content (AvgIpc) is 2.80. The lowest BCUT2D eigenvalue weighted by Crippen LogP contribution is -2.29. The molecule has 1 heterocycles. The van der Waals surface area contributed by atoms with Gasteiger partial charge in [0.2, 0.25) is 0 Å². The number of nitrogen functional groups attached to an aromatic ring is 1. The number of hydrazine groups is 1. The Labute approximate surface area is 125 Å². The van der Waals surface area contributed by atoms with Crippen molar-refractivity contribution in [1.82, 2.24) is 5.43 Å². The Morgan fingerprint density at radius 1 is 1.40 bits per heavy atom. The molecule has 0 aliphatic rings. The van der Waals surface area contributed by atoms with Gasteiger partial charge in [-0.1, -0.05) is 23.2 Å². The van der Waals surface area contributed by atoms with Crippen LogP contribution in [0.15, 0.2) is 28.7 Å². The van der Waals surface area contributed by atoms with E-state index < -0.39 is 5.91 Å². The Bertz CT molecular complexity index is 641. The van der Waals surface area contributed by atoms with Gasteiger partial charge < -0.3 is 9.15 Å². The number of ether oxygens (including phenoxy) is 1. The number of carbonyl (C=O) groups excluding carboxylic acids is 1. The van der Waals surface area contributed by atoms with E-state index in [1.165, 1.54) is 0 Å². The topological polar surface area (TPSA) is 77.5 Å². The van der Waals surface area contributed by atoms with Crippen LogP contribution in [-0.4, -0.2) is 5.91 Å². The first kappa shape index (κ1) is 14.7. The van der Waals surface area contributed by atoms with Crippen LogP contribution in [0.2, 0.25) is 10.0 Å². The van der Waals surface area contributed by atoms with Crippen molar-refractivity contribution in [3.63, 3.8) is 0 Å². The molecule has 1 amide bonds. The SMILES string of the molecule is Cc1oc(C(=O)NN)cc1COc1cc(Cl)ccc1Cl. The van der Waals surface area contributed by atoms with Gasteiger partial charge in [0, 0.05) is 16.7 Å². The molecule has 0 unspecified atom stereocenters. The second-order valence-electron chi connectivity index (χ2n) is 4.03. The van der Waals surface area contributed by atoms with Crippen LogP contribution in [-0.2, 0) is 6.61 Å². The molecule has 0 bridgehead atoms. The summed E-state index contributed by atoms with van der Waals surface area (Å²) in [7, 11) is 0. The Morgan fingerprint density at radius 3 is 2.85 bits per heavy atom. The van der Waals surface area contributed by atoms with E-state index in [0.29, 0.717) is 21.6 Å². The summed E-state index contributed by atoms with van der Waals surface area (Å²) in [5.74, 6) is 5.70. The van der Waals surface area contributed by atoms with Crippen LogP contribution in [0.25, 0.3) is 0 Å². The van der Waals surface area contributed by atoms with Crippen LogP contribution in [0.3, 0.4) is 0 Å². The maximum atomic E-state index is 11.3. The molecule has 0 spiro atoms. The van der Waals surface area contributed by atoms with Crippen molar-refractivity contribution >= 4 is 29.1 Å². The van der Waals surface area contributed by atoms with Crippen LogP contribution in [0.4, 0.5) is 0 Å². The lowest BCUT2D eigenvalue weighted by molar-refractivity contribution is 0.0924. The largest absolute Gasteiger partial charge is 0.487 e. The molecule has 0 radical (unpaired) electrons. The predicted molar refractivity (Wildman–Crippen MR) is 75.9 cm³/mol. The van der Waals surface area contributed by atoms with E-state index in [1.54, 1.807) is 31.2 Å². The number of aryl methyl sites for hydroxylation is 1. The smallest absolute Gasteiger partial charge is 0.300 e. The van der Waals surface area contributed by atoms with E-state index in [9.17, 15) is 4.79 Å². The minimum atomic E-state index is -0.500. The molecule has 0 aliphatic heterocycles. The quantitative estimate of drug-likeness (QED) is 0.516. The summed E-state index contributed by atoms with van der Waals surface area (Å²) in [6.07, 6.45) is 0. The highest BCUT2D eigenvalue weighted by Crippen LogP contribution is 2.29. The molecule has 0 fully saturated rings. The van der Waals surface area contributed by atoms with Crippen LogP contribution in [0.5, 0.6) is 5.75 Å². The van der Waals surface area contributed by atoms with Crippen molar-refractivity contribution in [1.29, 1.82) is 0 Å². The highest BCUT2D eigenvalue weighted by molar-refractivity contribution is 6.34. The normalized spacial score (nSPS) is 10.4. The third-order valence-electron chi connectivity index (χ3n) is 2.65. The summed E-state index contributed by atoms with van der Waals surface area (Å²) < 4.78 is 10.9. The van der Waals surface area contributed by atoms with Crippen molar-refractivity contribution in [2.45, 2.75) is 13.5 Å². The van der Waals surface area contributed by atoms with Gasteiger partial charge in [0.1, 0.15) is 18.1 Å². The second kappa shape index (κ2) is 6.17. The first-order valence-corrected chi connectivity index (χ1v) is 6.45. The van der Waals surface area contributed by atoms with E-state index >= 15 is 0 Å². The Hall–Kier alpha value is -1.69. The van der Waals surface area contributed by atoms with Gasteiger partial charge in [-0.05, 0) is 25.1 Å². The fourth-order valence-electron chi connectivity index (χ4n) is 1.59. The summed E-state index contributed by atoms with van der Waals surface area (Å²) in [5.41, 5.74) is 2.72. The third-order valence-corrected chi connectivity index (χ3v) is 3.20. The number of rotatable bonds is 4. The van der Waals surface area contributed by atoms with Gasteiger partial charge >= 0.3 is 5.91 Å². The van der Waals surface area contributed by atoms with E-state index in [0.717, 1.165) is 5.56 Å². The Kier molecular flexibility index (Phi) is 4.54. The molecule has 0 saturated carbocycles. The minimum Gasteiger partial charge on any atom is -0.487 e. The Balaban J connectivity index is 2.13. The molecule has 20 heavy (non-hydrogen) atoms. The molecular formula is C13H12Cl2N2O3. The third kappa shape index (κ3) is 3.25. The average molecular weight is 315 g/mol. The van der Waals surface area contributed by atoms with Crippen LogP contribution < -0.4 is 16.0 Å². The zero-order valence-electron chi connectivity index (χ0n) is 10.6. The van der Waals surface area contributed by atoms with Gasteiger partial charge in [-0.3, -0.25) is 10.2 Å². The maximum absolute atomic E-state index is 11.3. The molecule has 1 aromatic carbocycles. The summed E-state index contributed by atoms with van der Waals surface area (Å²) in [4.78, 5) is 11.3. The lowest BCUT2D eigenvalue weighted by atomic mass is 10.2. The van der Waals surface area contributed by atoms with Gasteiger partial charge in [0.15, 0.2) is 5.76 Å². The van der Waals surface area contributed by atoms with Crippen LogP contribution in [0.1, 0.15) is 21.9 Å². The number of benzene rings is 1. The zero-order valence-corrected chi connectivity index (χ0v) is 12.1. The summed E-state index contributed by atoms with van der Waals surface area (Å²) >= 11 is 11.9.